The second-order valence-corrected chi connectivity index (χ2v) is 6.24. The average Bonchev–Trinajstić information content (AvgIpc) is 2.72. The van der Waals surface area contributed by atoms with Crippen molar-refractivity contribution in [2.45, 2.75) is 32.6 Å². The molecule has 0 saturated heterocycles. The summed E-state index contributed by atoms with van der Waals surface area (Å²) >= 11 is 3.50. The summed E-state index contributed by atoms with van der Waals surface area (Å²) in [6, 6.07) is 8.65. The van der Waals surface area contributed by atoms with E-state index in [1.165, 1.54) is 12.0 Å². The summed E-state index contributed by atoms with van der Waals surface area (Å²) in [4.78, 5) is 0. The Kier molecular flexibility index (Phi) is 3.97. The van der Waals surface area contributed by atoms with Gasteiger partial charge in [-0.2, -0.15) is 5.26 Å². The molecule has 0 bridgehead atoms. The van der Waals surface area contributed by atoms with E-state index >= 15 is 0 Å². The molecule has 2 nitrogen and oxygen atoms in total. The van der Waals surface area contributed by atoms with Crippen molar-refractivity contribution in [3.8, 4) is 11.8 Å². The minimum absolute atomic E-state index is 0.159. The Balaban J connectivity index is 2.18. The fourth-order valence-corrected chi connectivity index (χ4v) is 3.49. The molecule has 1 aliphatic rings. The molecule has 0 heterocycles. The van der Waals surface area contributed by atoms with Crippen LogP contribution < -0.4 is 4.74 Å². The Morgan fingerprint density at radius 2 is 2.33 bits per heavy atom. The number of nitriles is 1. The second-order valence-electron chi connectivity index (χ2n) is 5.39. The number of rotatable bonds is 3. The predicted octanol–water partition coefficient (Wildman–Crippen LogP) is 4.33. The summed E-state index contributed by atoms with van der Waals surface area (Å²) in [5.74, 6) is 1.51. The van der Waals surface area contributed by atoms with Crippen molar-refractivity contribution in [3.05, 3.63) is 28.2 Å². The molecule has 3 heteroatoms. The van der Waals surface area contributed by atoms with E-state index in [1.807, 2.05) is 6.07 Å². The van der Waals surface area contributed by atoms with Gasteiger partial charge in [0, 0.05) is 0 Å². The van der Waals surface area contributed by atoms with Crippen molar-refractivity contribution < 1.29 is 4.74 Å². The van der Waals surface area contributed by atoms with Crippen LogP contribution in [0.5, 0.6) is 5.75 Å². The Hall–Kier alpha value is -1.01. The SMILES string of the molecule is COc1ccc(CC2(C#N)CCC(C)C2)cc1Br. The van der Waals surface area contributed by atoms with Gasteiger partial charge in [-0.1, -0.05) is 13.0 Å². The third-order valence-electron chi connectivity index (χ3n) is 3.85. The van der Waals surface area contributed by atoms with Crippen LogP contribution in [0.4, 0.5) is 0 Å². The number of methoxy groups -OCH3 is 1. The molecule has 2 unspecified atom stereocenters. The fraction of sp³-hybridized carbons (Fsp3) is 0.533. The Morgan fingerprint density at radius 3 is 2.83 bits per heavy atom. The molecule has 96 valence electrons. The van der Waals surface area contributed by atoms with Crippen molar-refractivity contribution in [2.75, 3.05) is 7.11 Å². The molecule has 1 aromatic rings. The Labute approximate surface area is 117 Å². The molecule has 0 spiro atoms. The number of hydrogen-bond acceptors (Lipinski definition) is 2. The van der Waals surface area contributed by atoms with E-state index in [9.17, 15) is 5.26 Å². The van der Waals surface area contributed by atoms with Crippen molar-refractivity contribution in [2.24, 2.45) is 11.3 Å². The van der Waals surface area contributed by atoms with E-state index in [4.69, 9.17) is 4.74 Å². The van der Waals surface area contributed by atoms with Crippen LogP contribution in [0.2, 0.25) is 0 Å². The van der Waals surface area contributed by atoms with Crippen molar-refractivity contribution >= 4 is 15.9 Å². The zero-order valence-electron chi connectivity index (χ0n) is 10.9. The maximum Gasteiger partial charge on any atom is 0.133 e. The standard InChI is InChI=1S/C15H18BrNO/c1-11-5-6-15(8-11,10-17)9-12-3-4-14(18-2)13(16)7-12/h3-4,7,11H,5-6,8-9H2,1-2H3. The summed E-state index contributed by atoms with van der Waals surface area (Å²) in [7, 11) is 1.66. The van der Waals surface area contributed by atoms with Gasteiger partial charge in [0.25, 0.3) is 0 Å². The molecule has 2 rings (SSSR count). The van der Waals surface area contributed by atoms with Gasteiger partial charge in [-0.15, -0.1) is 0 Å². The highest BCUT2D eigenvalue weighted by Crippen LogP contribution is 2.44. The smallest absolute Gasteiger partial charge is 0.133 e. The van der Waals surface area contributed by atoms with Crippen molar-refractivity contribution in [3.63, 3.8) is 0 Å². The van der Waals surface area contributed by atoms with E-state index in [2.05, 4.69) is 41.1 Å². The molecular formula is C15H18BrNO. The maximum absolute atomic E-state index is 9.48. The molecular weight excluding hydrogens is 290 g/mol. The van der Waals surface area contributed by atoms with Crippen LogP contribution >= 0.6 is 15.9 Å². The molecule has 1 aliphatic carbocycles. The predicted molar refractivity (Wildman–Crippen MR) is 75.5 cm³/mol. The quantitative estimate of drug-likeness (QED) is 0.832. The van der Waals surface area contributed by atoms with E-state index in [0.717, 1.165) is 29.5 Å². The van der Waals surface area contributed by atoms with Crippen LogP contribution in [0.25, 0.3) is 0 Å². The zero-order valence-corrected chi connectivity index (χ0v) is 12.5. The topological polar surface area (TPSA) is 33.0 Å². The highest BCUT2D eigenvalue weighted by molar-refractivity contribution is 9.10. The maximum atomic E-state index is 9.48. The third-order valence-corrected chi connectivity index (χ3v) is 4.47. The molecule has 18 heavy (non-hydrogen) atoms. The highest BCUT2D eigenvalue weighted by atomic mass is 79.9. The van der Waals surface area contributed by atoms with Gasteiger partial charge in [-0.25, -0.2) is 0 Å². The molecule has 0 N–H and O–H groups in total. The first-order valence-electron chi connectivity index (χ1n) is 6.32. The molecule has 2 atom stereocenters. The largest absolute Gasteiger partial charge is 0.496 e. The average molecular weight is 308 g/mol. The van der Waals surface area contributed by atoms with E-state index in [-0.39, 0.29) is 5.41 Å². The van der Waals surface area contributed by atoms with Crippen LogP contribution in [-0.2, 0) is 6.42 Å². The first kappa shape index (κ1) is 13.4. The lowest BCUT2D eigenvalue weighted by Crippen LogP contribution is -2.17. The lowest BCUT2D eigenvalue weighted by Gasteiger charge is -2.21. The van der Waals surface area contributed by atoms with Crippen LogP contribution in [0.1, 0.15) is 31.7 Å². The minimum atomic E-state index is -0.159. The van der Waals surface area contributed by atoms with Gasteiger partial charge in [0.05, 0.1) is 23.1 Å². The lowest BCUT2D eigenvalue weighted by molar-refractivity contribution is 0.389. The van der Waals surface area contributed by atoms with Crippen molar-refractivity contribution in [1.82, 2.24) is 0 Å². The molecule has 1 aromatic carbocycles. The van der Waals surface area contributed by atoms with Crippen molar-refractivity contribution in [1.29, 1.82) is 5.26 Å². The highest BCUT2D eigenvalue weighted by Gasteiger charge is 2.37. The lowest BCUT2D eigenvalue weighted by atomic mass is 9.81. The fourth-order valence-electron chi connectivity index (χ4n) is 2.91. The summed E-state index contributed by atoms with van der Waals surface area (Å²) in [6.45, 7) is 2.24. The number of halogens is 1. The first-order valence-corrected chi connectivity index (χ1v) is 7.11. The summed E-state index contributed by atoms with van der Waals surface area (Å²) in [6.07, 6.45) is 4.06. The molecule has 1 saturated carbocycles. The zero-order chi connectivity index (χ0) is 13.2. The van der Waals surface area contributed by atoms with Gasteiger partial charge in [0.2, 0.25) is 0 Å². The van der Waals surface area contributed by atoms with E-state index in [0.29, 0.717) is 5.92 Å². The van der Waals surface area contributed by atoms with Gasteiger partial charge in [0.15, 0.2) is 0 Å². The normalized spacial score (nSPS) is 26.9. The minimum Gasteiger partial charge on any atom is -0.496 e. The Morgan fingerprint density at radius 1 is 1.56 bits per heavy atom. The molecule has 0 radical (unpaired) electrons. The van der Waals surface area contributed by atoms with Crippen LogP contribution in [0, 0.1) is 22.7 Å². The van der Waals surface area contributed by atoms with Gasteiger partial charge < -0.3 is 4.74 Å². The van der Waals surface area contributed by atoms with Gasteiger partial charge in [0.1, 0.15) is 5.75 Å². The Bertz CT molecular complexity index is 480. The molecule has 0 aromatic heterocycles. The van der Waals surface area contributed by atoms with Crippen LogP contribution in [-0.4, -0.2) is 7.11 Å². The third kappa shape index (κ3) is 2.70. The van der Waals surface area contributed by atoms with Crippen LogP contribution in [0.15, 0.2) is 22.7 Å². The number of ether oxygens (including phenoxy) is 1. The monoisotopic (exact) mass is 307 g/mol. The molecule has 0 aliphatic heterocycles. The number of nitrogens with zero attached hydrogens (tertiary/aromatic N) is 1. The second kappa shape index (κ2) is 5.32. The van der Waals surface area contributed by atoms with Gasteiger partial charge in [-0.3, -0.25) is 0 Å². The summed E-state index contributed by atoms with van der Waals surface area (Å²) in [5.41, 5.74) is 1.05. The summed E-state index contributed by atoms with van der Waals surface area (Å²) < 4.78 is 6.19. The summed E-state index contributed by atoms with van der Waals surface area (Å²) in [5, 5.41) is 9.48. The van der Waals surface area contributed by atoms with Crippen LogP contribution in [0.3, 0.4) is 0 Å². The first-order chi connectivity index (χ1) is 8.58. The molecule has 0 amide bonds. The number of benzene rings is 1. The van der Waals surface area contributed by atoms with E-state index in [1.54, 1.807) is 7.11 Å². The van der Waals surface area contributed by atoms with Gasteiger partial charge >= 0.3 is 0 Å². The van der Waals surface area contributed by atoms with E-state index < -0.39 is 0 Å². The molecule has 1 fully saturated rings. The number of hydrogen-bond donors (Lipinski definition) is 0. The van der Waals surface area contributed by atoms with Gasteiger partial charge in [-0.05, 0) is 65.2 Å².